The number of carbonyl (C=O) groups excluding carboxylic acids is 2. The van der Waals surface area contributed by atoms with Crippen LogP contribution in [0.15, 0.2) is 28.7 Å². The SMILES string of the molecule is COCCCNC(=O)C(C#N)C(=O)c1oc2ccccc2c1C. The summed E-state index contributed by atoms with van der Waals surface area (Å²) in [6, 6.07) is 8.96. The predicted molar refractivity (Wildman–Crippen MR) is 83.9 cm³/mol. The van der Waals surface area contributed by atoms with Gasteiger partial charge in [-0.3, -0.25) is 9.59 Å². The number of furan rings is 1. The van der Waals surface area contributed by atoms with Crippen molar-refractivity contribution in [2.75, 3.05) is 20.3 Å². The smallest absolute Gasteiger partial charge is 0.245 e. The number of Topliss-reactive ketones (excluding diaryl/α,β-unsaturated/α-hetero) is 1. The molecule has 1 aromatic heterocycles. The molecule has 0 aliphatic carbocycles. The van der Waals surface area contributed by atoms with Crippen LogP contribution in [0.5, 0.6) is 0 Å². The molecule has 23 heavy (non-hydrogen) atoms. The maximum absolute atomic E-state index is 12.5. The zero-order chi connectivity index (χ0) is 16.8. The quantitative estimate of drug-likeness (QED) is 0.480. The van der Waals surface area contributed by atoms with Crippen LogP contribution in [0.4, 0.5) is 0 Å². The highest BCUT2D eigenvalue weighted by Crippen LogP contribution is 2.26. The summed E-state index contributed by atoms with van der Waals surface area (Å²) in [5.41, 5.74) is 1.20. The Bertz CT molecular complexity index is 758. The zero-order valence-electron chi connectivity index (χ0n) is 13.1. The molecule has 0 saturated carbocycles. The summed E-state index contributed by atoms with van der Waals surface area (Å²) in [5.74, 6) is -2.60. The van der Waals surface area contributed by atoms with Gasteiger partial charge in [0.1, 0.15) is 5.58 Å². The van der Waals surface area contributed by atoms with Gasteiger partial charge in [-0.1, -0.05) is 18.2 Å². The number of nitrogens with one attached hydrogen (secondary N) is 1. The average Bonchev–Trinajstić information content (AvgIpc) is 2.89. The van der Waals surface area contributed by atoms with Crippen LogP contribution in [0.3, 0.4) is 0 Å². The maximum atomic E-state index is 12.5. The number of methoxy groups -OCH3 is 1. The number of benzene rings is 1. The van der Waals surface area contributed by atoms with E-state index in [2.05, 4.69) is 5.32 Å². The largest absolute Gasteiger partial charge is 0.453 e. The summed E-state index contributed by atoms with van der Waals surface area (Å²) in [6.07, 6.45) is 0.609. The first kappa shape index (κ1) is 16.7. The van der Waals surface area contributed by atoms with Crippen molar-refractivity contribution in [2.45, 2.75) is 13.3 Å². The number of carbonyl (C=O) groups is 2. The molecule has 0 radical (unpaired) electrons. The molecule has 1 atom stereocenters. The second kappa shape index (κ2) is 7.56. The number of aryl methyl sites for hydroxylation is 1. The lowest BCUT2D eigenvalue weighted by Gasteiger charge is -2.08. The number of fused-ring (bicyclic) bond motifs is 1. The molecule has 0 fully saturated rings. The highest BCUT2D eigenvalue weighted by atomic mass is 16.5. The van der Waals surface area contributed by atoms with Gasteiger partial charge in [0.25, 0.3) is 0 Å². The first-order valence-electron chi connectivity index (χ1n) is 7.28. The number of ether oxygens (including phenoxy) is 1. The van der Waals surface area contributed by atoms with E-state index in [9.17, 15) is 14.9 Å². The van der Waals surface area contributed by atoms with E-state index in [-0.39, 0.29) is 5.76 Å². The fourth-order valence-electron chi connectivity index (χ4n) is 2.31. The summed E-state index contributed by atoms with van der Waals surface area (Å²) in [7, 11) is 1.56. The summed E-state index contributed by atoms with van der Waals surface area (Å²) in [4.78, 5) is 24.5. The third-order valence-corrected chi connectivity index (χ3v) is 3.55. The van der Waals surface area contributed by atoms with Crippen LogP contribution in [0.1, 0.15) is 22.5 Å². The topological polar surface area (TPSA) is 92.3 Å². The molecule has 1 aromatic carbocycles. The number of rotatable bonds is 7. The zero-order valence-corrected chi connectivity index (χ0v) is 13.1. The summed E-state index contributed by atoms with van der Waals surface area (Å²) < 4.78 is 10.4. The van der Waals surface area contributed by atoms with Crippen molar-refractivity contribution in [3.8, 4) is 6.07 Å². The van der Waals surface area contributed by atoms with E-state index in [4.69, 9.17) is 9.15 Å². The van der Waals surface area contributed by atoms with Crippen LogP contribution in [-0.2, 0) is 9.53 Å². The van der Waals surface area contributed by atoms with Gasteiger partial charge in [-0.2, -0.15) is 5.26 Å². The molecule has 0 bridgehead atoms. The molecular formula is C17H18N2O4. The average molecular weight is 314 g/mol. The number of amides is 1. The number of nitrogens with zero attached hydrogens (tertiary/aromatic N) is 1. The maximum Gasteiger partial charge on any atom is 0.245 e. The third-order valence-electron chi connectivity index (χ3n) is 3.55. The summed E-state index contributed by atoms with van der Waals surface area (Å²) in [5, 5.41) is 12.6. The lowest BCUT2D eigenvalue weighted by molar-refractivity contribution is -0.122. The van der Waals surface area contributed by atoms with Crippen LogP contribution in [-0.4, -0.2) is 32.0 Å². The Morgan fingerprint density at radius 1 is 1.39 bits per heavy atom. The van der Waals surface area contributed by atoms with Gasteiger partial charge in [-0.25, -0.2) is 0 Å². The van der Waals surface area contributed by atoms with Crippen LogP contribution in [0, 0.1) is 24.2 Å². The number of hydrogen-bond acceptors (Lipinski definition) is 5. The van der Waals surface area contributed by atoms with Gasteiger partial charge in [0.05, 0.1) is 6.07 Å². The van der Waals surface area contributed by atoms with Gasteiger partial charge in [0, 0.05) is 31.2 Å². The molecule has 2 rings (SSSR count). The monoisotopic (exact) mass is 314 g/mol. The van der Waals surface area contributed by atoms with E-state index in [1.807, 2.05) is 12.1 Å². The van der Waals surface area contributed by atoms with E-state index in [0.29, 0.717) is 30.7 Å². The van der Waals surface area contributed by atoms with E-state index in [1.54, 1.807) is 32.2 Å². The Hall–Kier alpha value is -2.65. The Morgan fingerprint density at radius 3 is 2.78 bits per heavy atom. The van der Waals surface area contributed by atoms with Crippen LogP contribution in [0.2, 0.25) is 0 Å². The number of para-hydroxylation sites is 1. The molecule has 1 amide bonds. The van der Waals surface area contributed by atoms with Crippen molar-refractivity contribution < 1.29 is 18.7 Å². The van der Waals surface area contributed by atoms with E-state index in [1.165, 1.54) is 0 Å². The molecule has 6 nitrogen and oxygen atoms in total. The molecule has 6 heteroatoms. The van der Waals surface area contributed by atoms with Crippen molar-refractivity contribution >= 4 is 22.7 Å². The molecule has 1 heterocycles. The Kier molecular flexibility index (Phi) is 5.50. The second-order valence-electron chi connectivity index (χ2n) is 5.12. The minimum atomic E-state index is -1.42. The van der Waals surface area contributed by atoms with Gasteiger partial charge in [0.2, 0.25) is 11.7 Å². The Labute approximate surface area is 134 Å². The molecule has 0 spiro atoms. The summed E-state index contributed by atoms with van der Waals surface area (Å²) >= 11 is 0. The van der Waals surface area contributed by atoms with Crippen molar-refractivity contribution in [1.29, 1.82) is 5.26 Å². The molecule has 1 N–H and O–H groups in total. The van der Waals surface area contributed by atoms with Gasteiger partial charge in [-0.15, -0.1) is 0 Å². The van der Waals surface area contributed by atoms with E-state index >= 15 is 0 Å². The molecular weight excluding hydrogens is 296 g/mol. The highest BCUT2D eigenvalue weighted by Gasteiger charge is 2.31. The van der Waals surface area contributed by atoms with Crippen molar-refractivity contribution in [2.24, 2.45) is 5.92 Å². The van der Waals surface area contributed by atoms with Crippen molar-refractivity contribution in [1.82, 2.24) is 5.32 Å². The van der Waals surface area contributed by atoms with Gasteiger partial charge >= 0.3 is 0 Å². The Balaban J connectivity index is 2.17. The van der Waals surface area contributed by atoms with Crippen molar-refractivity contribution in [3.63, 3.8) is 0 Å². The second-order valence-corrected chi connectivity index (χ2v) is 5.12. The molecule has 2 aromatic rings. The number of ketones is 1. The first-order valence-corrected chi connectivity index (χ1v) is 7.28. The van der Waals surface area contributed by atoms with Gasteiger partial charge in [0.15, 0.2) is 11.7 Å². The lowest BCUT2D eigenvalue weighted by atomic mass is 10.00. The number of nitriles is 1. The molecule has 1 unspecified atom stereocenters. The Morgan fingerprint density at radius 2 is 2.13 bits per heavy atom. The van der Waals surface area contributed by atoms with Crippen LogP contribution in [0.25, 0.3) is 11.0 Å². The predicted octanol–water partition coefficient (Wildman–Crippen LogP) is 2.22. The highest BCUT2D eigenvalue weighted by molar-refractivity contribution is 6.13. The summed E-state index contributed by atoms with van der Waals surface area (Å²) in [6.45, 7) is 2.58. The lowest BCUT2D eigenvalue weighted by Crippen LogP contribution is -2.35. The van der Waals surface area contributed by atoms with Gasteiger partial charge < -0.3 is 14.5 Å². The molecule has 0 aliphatic heterocycles. The van der Waals surface area contributed by atoms with Crippen LogP contribution < -0.4 is 5.32 Å². The van der Waals surface area contributed by atoms with Gasteiger partial charge in [-0.05, 0) is 19.4 Å². The third kappa shape index (κ3) is 3.58. The minimum absolute atomic E-state index is 0.0600. The molecule has 0 aliphatic rings. The fraction of sp³-hybridized carbons (Fsp3) is 0.353. The standard InChI is InChI=1S/C17H18N2O4/c1-11-12-6-3-4-7-14(12)23-16(11)15(20)13(10-18)17(21)19-8-5-9-22-2/h3-4,6-7,13H,5,8-9H2,1-2H3,(H,19,21). The van der Waals surface area contributed by atoms with E-state index < -0.39 is 17.6 Å². The van der Waals surface area contributed by atoms with Crippen molar-refractivity contribution in [3.05, 3.63) is 35.6 Å². The number of hydrogen-bond donors (Lipinski definition) is 1. The van der Waals surface area contributed by atoms with E-state index in [0.717, 1.165) is 5.39 Å². The van der Waals surface area contributed by atoms with Crippen LogP contribution >= 0.6 is 0 Å². The fourth-order valence-corrected chi connectivity index (χ4v) is 2.31. The molecule has 120 valence electrons. The first-order chi connectivity index (χ1) is 11.1. The minimum Gasteiger partial charge on any atom is -0.453 e. The normalized spacial score (nSPS) is 11.9. The molecule has 0 saturated heterocycles.